The van der Waals surface area contributed by atoms with E-state index in [9.17, 15) is 9.59 Å². The standard InChI is InChI=1S/C28H33N5O4/c1-4-11-29-26(34)16-20-9-10-25-24(15-20)33(28(35)37-25)19-21-7-5-8-22(14-21)27-30-17-23(18-31-27)36-13-6-12-32(2)3/h5,7-10,14-15,17-18H,4,6,11-13,16,19H2,1-3H3,(H,29,34). The SMILES string of the molecule is CCCNC(=O)Cc1ccc2oc(=O)n(Cc3cccc(-c4ncc(OCCCN(C)C)cn4)c3)c2c1. The van der Waals surface area contributed by atoms with E-state index in [1.54, 1.807) is 23.0 Å². The third-order valence-corrected chi connectivity index (χ3v) is 5.84. The third-order valence-electron chi connectivity index (χ3n) is 5.84. The van der Waals surface area contributed by atoms with E-state index < -0.39 is 5.76 Å². The molecule has 9 nitrogen and oxygen atoms in total. The zero-order valence-corrected chi connectivity index (χ0v) is 21.6. The lowest BCUT2D eigenvalue weighted by molar-refractivity contribution is -0.120. The van der Waals surface area contributed by atoms with Crippen molar-refractivity contribution in [1.82, 2.24) is 24.8 Å². The quantitative estimate of drug-likeness (QED) is 0.295. The Balaban J connectivity index is 1.48. The molecular formula is C28H33N5O4. The van der Waals surface area contributed by atoms with Gasteiger partial charge >= 0.3 is 5.76 Å². The summed E-state index contributed by atoms with van der Waals surface area (Å²) in [5.74, 6) is 0.720. The van der Waals surface area contributed by atoms with E-state index in [0.29, 0.717) is 42.4 Å². The van der Waals surface area contributed by atoms with Crippen LogP contribution in [0.2, 0.25) is 0 Å². The number of nitrogens with one attached hydrogen (secondary N) is 1. The molecule has 1 amide bonds. The van der Waals surface area contributed by atoms with Gasteiger partial charge < -0.3 is 19.4 Å². The summed E-state index contributed by atoms with van der Waals surface area (Å²) in [6.07, 6.45) is 5.41. The maximum absolute atomic E-state index is 12.6. The molecule has 0 aliphatic rings. The zero-order chi connectivity index (χ0) is 26.2. The van der Waals surface area contributed by atoms with Crippen LogP contribution in [0.15, 0.2) is 64.1 Å². The van der Waals surface area contributed by atoms with Crippen molar-refractivity contribution < 1.29 is 13.9 Å². The van der Waals surface area contributed by atoms with Crippen LogP contribution in [0.3, 0.4) is 0 Å². The first kappa shape index (κ1) is 26.1. The summed E-state index contributed by atoms with van der Waals surface area (Å²) in [6.45, 7) is 4.53. The van der Waals surface area contributed by atoms with Gasteiger partial charge in [0.1, 0.15) is 0 Å². The van der Waals surface area contributed by atoms with Gasteiger partial charge in [0.2, 0.25) is 5.91 Å². The van der Waals surface area contributed by atoms with Crippen LogP contribution in [0.1, 0.15) is 30.9 Å². The Bertz CT molecular complexity index is 1390. The average Bonchev–Trinajstić information content (AvgIpc) is 3.20. The molecule has 0 bridgehead atoms. The summed E-state index contributed by atoms with van der Waals surface area (Å²) in [4.78, 5) is 35.8. The number of fused-ring (bicyclic) bond motifs is 1. The van der Waals surface area contributed by atoms with Gasteiger partial charge in [-0.15, -0.1) is 0 Å². The number of aromatic nitrogens is 3. The van der Waals surface area contributed by atoms with Gasteiger partial charge in [-0.3, -0.25) is 9.36 Å². The number of oxazole rings is 1. The van der Waals surface area contributed by atoms with E-state index >= 15 is 0 Å². The van der Waals surface area contributed by atoms with E-state index in [0.717, 1.165) is 36.1 Å². The topological polar surface area (TPSA) is 102 Å². The minimum atomic E-state index is -0.444. The largest absolute Gasteiger partial charge is 0.490 e. The van der Waals surface area contributed by atoms with E-state index in [-0.39, 0.29) is 12.3 Å². The highest BCUT2D eigenvalue weighted by molar-refractivity contribution is 5.81. The summed E-state index contributed by atoms with van der Waals surface area (Å²) in [7, 11) is 4.06. The molecule has 0 fully saturated rings. The van der Waals surface area contributed by atoms with E-state index in [1.165, 1.54) is 0 Å². The summed E-state index contributed by atoms with van der Waals surface area (Å²) in [5.41, 5.74) is 3.71. The van der Waals surface area contributed by atoms with Crippen LogP contribution in [0, 0.1) is 0 Å². The monoisotopic (exact) mass is 503 g/mol. The molecule has 0 aliphatic carbocycles. The fourth-order valence-electron chi connectivity index (χ4n) is 3.98. The van der Waals surface area contributed by atoms with Crippen molar-refractivity contribution in [3.63, 3.8) is 0 Å². The number of hydrogen-bond donors (Lipinski definition) is 1. The van der Waals surface area contributed by atoms with Crippen LogP contribution in [-0.4, -0.2) is 59.1 Å². The molecule has 0 aliphatic heterocycles. The van der Waals surface area contributed by atoms with Crippen molar-refractivity contribution in [1.29, 1.82) is 0 Å². The second kappa shape index (κ2) is 12.3. The van der Waals surface area contributed by atoms with Crippen molar-refractivity contribution in [3.8, 4) is 17.1 Å². The van der Waals surface area contributed by atoms with Crippen LogP contribution < -0.4 is 15.8 Å². The van der Waals surface area contributed by atoms with Gasteiger partial charge in [0.05, 0.1) is 37.5 Å². The molecule has 0 saturated carbocycles. The number of rotatable bonds is 12. The number of nitrogens with zero attached hydrogens (tertiary/aromatic N) is 4. The molecule has 4 rings (SSSR count). The van der Waals surface area contributed by atoms with Gasteiger partial charge in [0.15, 0.2) is 17.2 Å². The lowest BCUT2D eigenvalue weighted by atomic mass is 10.1. The van der Waals surface area contributed by atoms with Crippen molar-refractivity contribution in [2.75, 3.05) is 33.8 Å². The number of hydrogen-bond acceptors (Lipinski definition) is 7. The minimum Gasteiger partial charge on any atom is -0.490 e. The van der Waals surface area contributed by atoms with Gasteiger partial charge in [-0.25, -0.2) is 14.8 Å². The molecule has 0 spiro atoms. The van der Waals surface area contributed by atoms with E-state index in [4.69, 9.17) is 9.15 Å². The molecule has 37 heavy (non-hydrogen) atoms. The number of ether oxygens (including phenoxy) is 1. The summed E-state index contributed by atoms with van der Waals surface area (Å²) < 4.78 is 12.7. The summed E-state index contributed by atoms with van der Waals surface area (Å²) in [6, 6.07) is 13.1. The average molecular weight is 504 g/mol. The summed E-state index contributed by atoms with van der Waals surface area (Å²) >= 11 is 0. The normalized spacial score (nSPS) is 11.2. The van der Waals surface area contributed by atoms with Crippen LogP contribution >= 0.6 is 0 Å². The maximum Gasteiger partial charge on any atom is 0.420 e. The second-order valence-electron chi connectivity index (χ2n) is 9.23. The van der Waals surface area contributed by atoms with Crippen LogP contribution in [0.25, 0.3) is 22.5 Å². The molecule has 0 atom stereocenters. The molecule has 0 saturated heterocycles. The molecule has 2 heterocycles. The van der Waals surface area contributed by atoms with Crippen molar-refractivity contribution in [2.24, 2.45) is 0 Å². The zero-order valence-electron chi connectivity index (χ0n) is 21.6. The molecule has 4 aromatic rings. The predicted molar refractivity (Wildman–Crippen MR) is 143 cm³/mol. The lowest BCUT2D eigenvalue weighted by Gasteiger charge is -2.10. The number of carbonyl (C=O) groups is 1. The molecule has 0 radical (unpaired) electrons. The van der Waals surface area contributed by atoms with Crippen LogP contribution in [-0.2, 0) is 17.8 Å². The highest BCUT2D eigenvalue weighted by Crippen LogP contribution is 2.21. The van der Waals surface area contributed by atoms with E-state index in [2.05, 4.69) is 20.2 Å². The van der Waals surface area contributed by atoms with E-state index in [1.807, 2.05) is 57.4 Å². The van der Waals surface area contributed by atoms with Crippen molar-refractivity contribution in [2.45, 2.75) is 32.7 Å². The second-order valence-corrected chi connectivity index (χ2v) is 9.23. The highest BCUT2D eigenvalue weighted by Gasteiger charge is 2.13. The third kappa shape index (κ3) is 7.04. The maximum atomic E-state index is 12.6. The molecule has 1 N–H and O–H groups in total. The van der Waals surface area contributed by atoms with Crippen molar-refractivity contribution in [3.05, 3.63) is 76.5 Å². The fraction of sp³-hybridized carbons (Fsp3) is 0.357. The minimum absolute atomic E-state index is 0.0451. The first-order valence-corrected chi connectivity index (χ1v) is 12.5. The van der Waals surface area contributed by atoms with Gasteiger partial charge in [0, 0.05) is 18.7 Å². The molecule has 2 aromatic heterocycles. The fourth-order valence-corrected chi connectivity index (χ4v) is 3.98. The lowest BCUT2D eigenvalue weighted by Crippen LogP contribution is -2.25. The van der Waals surface area contributed by atoms with Crippen LogP contribution in [0.4, 0.5) is 0 Å². The first-order valence-electron chi connectivity index (χ1n) is 12.5. The number of benzene rings is 2. The highest BCUT2D eigenvalue weighted by atomic mass is 16.5. The van der Waals surface area contributed by atoms with Crippen LogP contribution in [0.5, 0.6) is 5.75 Å². The Kier molecular flexibility index (Phi) is 8.68. The Morgan fingerprint density at radius 3 is 2.68 bits per heavy atom. The molecule has 9 heteroatoms. The van der Waals surface area contributed by atoms with Crippen molar-refractivity contribution >= 4 is 17.0 Å². The van der Waals surface area contributed by atoms with Gasteiger partial charge in [0.25, 0.3) is 0 Å². The first-order chi connectivity index (χ1) is 17.9. The number of amides is 1. The Morgan fingerprint density at radius 1 is 1.11 bits per heavy atom. The predicted octanol–water partition coefficient (Wildman–Crippen LogP) is 3.50. The summed E-state index contributed by atoms with van der Waals surface area (Å²) in [5, 5.41) is 2.88. The Hall–Kier alpha value is -3.98. The van der Waals surface area contributed by atoms with Gasteiger partial charge in [-0.05, 0) is 56.3 Å². The van der Waals surface area contributed by atoms with Gasteiger partial charge in [-0.1, -0.05) is 31.2 Å². The molecule has 0 unspecified atom stereocenters. The Morgan fingerprint density at radius 2 is 1.92 bits per heavy atom. The smallest absolute Gasteiger partial charge is 0.420 e. The van der Waals surface area contributed by atoms with Gasteiger partial charge in [-0.2, -0.15) is 0 Å². The molecule has 2 aromatic carbocycles. The molecular weight excluding hydrogens is 470 g/mol. The number of carbonyl (C=O) groups excluding carboxylic acids is 1. The molecule has 194 valence electrons. The Labute approximate surface area is 216 Å².